The molecule has 0 aliphatic rings. The van der Waals surface area contributed by atoms with E-state index in [1.54, 1.807) is 6.20 Å². The topological polar surface area (TPSA) is 57.9 Å². The Bertz CT molecular complexity index is 1250. The molecule has 0 amide bonds. The number of aromatic nitrogens is 1. The third kappa shape index (κ3) is 5.88. The van der Waals surface area contributed by atoms with E-state index in [4.69, 9.17) is 9.72 Å². The van der Waals surface area contributed by atoms with Crippen LogP contribution < -0.4 is 10.1 Å². The molecule has 5 heteroatoms. The van der Waals surface area contributed by atoms with Crippen LogP contribution in [0, 0.1) is 11.3 Å². The first-order chi connectivity index (χ1) is 16.3. The molecule has 1 heterocycles. The van der Waals surface area contributed by atoms with Gasteiger partial charge < -0.3 is 10.1 Å². The van der Waals surface area contributed by atoms with Crippen LogP contribution in [-0.4, -0.2) is 11.6 Å². The van der Waals surface area contributed by atoms with Crippen LogP contribution in [0.2, 0.25) is 0 Å². The standard InChI is InChI=1S/C28H25N3OS/c1-2-3-16-32-26-11-7-10-25(17-26)30-19-24(18-29)28-31-27(20-33-28)23-14-12-22(13-15-23)21-8-5-4-6-9-21/h4-15,17,19-20,30H,2-3,16H2,1H3. The van der Waals surface area contributed by atoms with Crippen LogP contribution in [0.15, 0.2) is 90.4 Å². The predicted molar refractivity (Wildman–Crippen MR) is 137 cm³/mol. The van der Waals surface area contributed by atoms with Crippen molar-refractivity contribution in [2.24, 2.45) is 0 Å². The Morgan fingerprint density at radius 1 is 1.00 bits per heavy atom. The van der Waals surface area contributed by atoms with Crippen LogP contribution in [0.5, 0.6) is 5.75 Å². The molecule has 0 aliphatic heterocycles. The average Bonchev–Trinajstić information content (AvgIpc) is 3.36. The van der Waals surface area contributed by atoms with Gasteiger partial charge >= 0.3 is 0 Å². The normalized spacial score (nSPS) is 11.1. The minimum Gasteiger partial charge on any atom is -0.494 e. The molecule has 0 spiro atoms. The first kappa shape index (κ1) is 22.3. The van der Waals surface area contributed by atoms with Gasteiger partial charge in [-0.05, 0) is 29.7 Å². The largest absolute Gasteiger partial charge is 0.494 e. The first-order valence-electron chi connectivity index (χ1n) is 11.0. The van der Waals surface area contributed by atoms with Gasteiger partial charge in [0.15, 0.2) is 0 Å². The van der Waals surface area contributed by atoms with Crippen molar-refractivity contribution >= 4 is 22.6 Å². The summed E-state index contributed by atoms with van der Waals surface area (Å²) in [5.41, 5.74) is 5.59. The zero-order valence-corrected chi connectivity index (χ0v) is 19.3. The summed E-state index contributed by atoms with van der Waals surface area (Å²) in [6.07, 6.45) is 3.82. The van der Waals surface area contributed by atoms with Gasteiger partial charge in [-0.3, -0.25) is 0 Å². The summed E-state index contributed by atoms with van der Waals surface area (Å²) in [5, 5.41) is 15.6. The van der Waals surface area contributed by atoms with Crippen molar-refractivity contribution in [3.05, 3.63) is 95.5 Å². The predicted octanol–water partition coefficient (Wildman–Crippen LogP) is 7.63. The number of hydrogen-bond acceptors (Lipinski definition) is 5. The van der Waals surface area contributed by atoms with Crippen LogP contribution in [0.1, 0.15) is 24.8 Å². The van der Waals surface area contributed by atoms with Crippen LogP contribution >= 0.6 is 11.3 Å². The van der Waals surface area contributed by atoms with E-state index < -0.39 is 0 Å². The Kier molecular flexibility index (Phi) is 7.52. The lowest BCUT2D eigenvalue weighted by molar-refractivity contribution is 0.309. The number of allylic oxidation sites excluding steroid dienone is 1. The van der Waals surface area contributed by atoms with E-state index in [2.05, 4.69) is 54.7 Å². The number of thiazole rings is 1. The van der Waals surface area contributed by atoms with E-state index in [-0.39, 0.29) is 0 Å². The number of benzene rings is 3. The molecule has 164 valence electrons. The molecule has 1 N–H and O–H groups in total. The second-order valence-corrected chi connectivity index (χ2v) is 8.38. The highest BCUT2D eigenvalue weighted by atomic mass is 32.1. The molecule has 0 atom stereocenters. The Morgan fingerprint density at radius 2 is 1.76 bits per heavy atom. The van der Waals surface area contributed by atoms with E-state index in [0.29, 0.717) is 17.2 Å². The lowest BCUT2D eigenvalue weighted by Crippen LogP contribution is -1.97. The van der Waals surface area contributed by atoms with E-state index in [1.807, 2.05) is 47.8 Å². The molecular weight excluding hydrogens is 426 g/mol. The summed E-state index contributed by atoms with van der Waals surface area (Å²) in [6, 6.07) is 28.6. The molecule has 0 fully saturated rings. The Balaban J connectivity index is 1.46. The number of nitrogens with one attached hydrogen (secondary N) is 1. The Labute approximate surface area is 198 Å². The Morgan fingerprint density at radius 3 is 2.52 bits per heavy atom. The third-order valence-corrected chi connectivity index (χ3v) is 6.00. The highest BCUT2D eigenvalue weighted by Gasteiger charge is 2.09. The summed E-state index contributed by atoms with van der Waals surface area (Å²) in [4.78, 5) is 4.70. The fourth-order valence-electron chi connectivity index (χ4n) is 3.30. The number of rotatable bonds is 9. The van der Waals surface area contributed by atoms with E-state index >= 15 is 0 Å². The summed E-state index contributed by atoms with van der Waals surface area (Å²) < 4.78 is 5.76. The summed E-state index contributed by atoms with van der Waals surface area (Å²) >= 11 is 1.46. The fourth-order valence-corrected chi connectivity index (χ4v) is 4.10. The number of nitriles is 1. The maximum absolute atomic E-state index is 9.68. The van der Waals surface area contributed by atoms with Crippen molar-refractivity contribution in [3.8, 4) is 34.2 Å². The highest BCUT2D eigenvalue weighted by Crippen LogP contribution is 2.28. The molecule has 0 unspecified atom stereocenters. The van der Waals surface area contributed by atoms with Crippen molar-refractivity contribution in [1.82, 2.24) is 4.98 Å². The minimum absolute atomic E-state index is 0.490. The second kappa shape index (κ2) is 11.1. The molecule has 0 radical (unpaired) electrons. The number of ether oxygens (including phenoxy) is 1. The quantitative estimate of drug-likeness (QED) is 0.210. The SMILES string of the molecule is CCCCOc1cccc(NC=C(C#N)c2nc(-c3ccc(-c4ccccc4)cc3)cs2)c1. The molecule has 0 aliphatic carbocycles. The lowest BCUT2D eigenvalue weighted by atomic mass is 10.0. The van der Waals surface area contributed by atoms with Gasteiger partial charge in [-0.15, -0.1) is 11.3 Å². The molecule has 3 aromatic carbocycles. The van der Waals surface area contributed by atoms with Crippen molar-refractivity contribution in [2.45, 2.75) is 19.8 Å². The monoisotopic (exact) mass is 451 g/mol. The molecule has 4 nitrogen and oxygen atoms in total. The minimum atomic E-state index is 0.490. The number of nitrogens with zero attached hydrogens (tertiary/aromatic N) is 2. The molecule has 4 rings (SSSR count). The van der Waals surface area contributed by atoms with Crippen LogP contribution in [0.3, 0.4) is 0 Å². The summed E-state index contributed by atoms with van der Waals surface area (Å²) in [5.74, 6) is 0.816. The van der Waals surface area contributed by atoms with Crippen molar-refractivity contribution in [2.75, 3.05) is 11.9 Å². The maximum atomic E-state index is 9.68. The zero-order chi connectivity index (χ0) is 22.9. The Hall–Kier alpha value is -3.88. The van der Waals surface area contributed by atoms with Crippen molar-refractivity contribution < 1.29 is 4.74 Å². The van der Waals surface area contributed by atoms with Crippen LogP contribution in [0.4, 0.5) is 5.69 Å². The maximum Gasteiger partial charge on any atom is 0.136 e. The third-order valence-electron chi connectivity index (χ3n) is 5.13. The van der Waals surface area contributed by atoms with E-state index in [0.717, 1.165) is 41.1 Å². The number of anilines is 1. The average molecular weight is 452 g/mol. The molecule has 0 saturated carbocycles. The molecule has 4 aromatic rings. The summed E-state index contributed by atoms with van der Waals surface area (Å²) in [7, 11) is 0. The smallest absolute Gasteiger partial charge is 0.136 e. The van der Waals surface area contributed by atoms with Gasteiger partial charge in [0.2, 0.25) is 0 Å². The van der Waals surface area contributed by atoms with Crippen LogP contribution in [-0.2, 0) is 0 Å². The van der Waals surface area contributed by atoms with Gasteiger partial charge in [0, 0.05) is 28.9 Å². The first-order valence-corrected chi connectivity index (χ1v) is 11.9. The zero-order valence-electron chi connectivity index (χ0n) is 18.5. The van der Waals surface area contributed by atoms with Gasteiger partial charge in [-0.2, -0.15) is 5.26 Å². The molecule has 0 saturated heterocycles. The van der Waals surface area contributed by atoms with Crippen molar-refractivity contribution in [3.63, 3.8) is 0 Å². The van der Waals surface area contributed by atoms with Crippen LogP contribution in [0.25, 0.3) is 28.0 Å². The van der Waals surface area contributed by atoms with E-state index in [1.165, 1.54) is 16.9 Å². The van der Waals surface area contributed by atoms with E-state index in [9.17, 15) is 5.26 Å². The highest BCUT2D eigenvalue weighted by molar-refractivity contribution is 7.11. The molecule has 0 bridgehead atoms. The molecule has 1 aromatic heterocycles. The van der Waals surface area contributed by atoms with Gasteiger partial charge in [-0.1, -0.05) is 74.0 Å². The van der Waals surface area contributed by atoms with Gasteiger partial charge in [0.1, 0.15) is 22.4 Å². The summed E-state index contributed by atoms with van der Waals surface area (Å²) in [6.45, 7) is 2.84. The van der Waals surface area contributed by atoms with Gasteiger partial charge in [0.05, 0.1) is 12.3 Å². The fraction of sp³-hybridized carbons (Fsp3) is 0.143. The second-order valence-electron chi connectivity index (χ2n) is 7.53. The molecule has 33 heavy (non-hydrogen) atoms. The number of hydrogen-bond donors (Lipinski definition) is 1. The number of unbranched alkanes of at least 4 members (excludes halogenated alkanes) is 1. The van der Waals surface area contributed by atoms with Gasteiger partial charge in [0.25, 0.3) is 0 Å². The molecular formula is C28H25N3OS. The van der Waals surface area contributed by atoms with Gasteiger partial charge in [-0.25, -0.2) is 4.98 Å². The van der Waals surface area contributed by atoms with Crippen molar-refractivity contribution in [1.29, 1.82) is 5.26 Å². The lowest BCUT2D eigenvalue weighted by Gasteiger charge is -2.07.